The van der Waals surface area contributed by atoms with E-state index in [-0.39, 0.29) is 23.8 Å². The van der Waals surface area contributed by atoms with Gasteiger partial charge in [0.15, 0.2) is 0 Å². The molecule has 1 heterocycles. The van der Waals surface area contributed by atoms with Crippen molar-refractivity contribution in [3.05, 3.63) is 0 Å². The molecule has 1 saturated heterocycles. The Morgan fingerprint density at radius 1 is 1.19 bits per heavy atom. The molecule has 1 saturated carbocycles. The number of hydrogen-bond acceptors (Lipinski definition) is 3. The summed E-state index contributed by atoms with van der Waals surface area (Å²) in [6, 6.07) is 0.0583. The van der Waals surface area contributed by atoms with E-state index in [0.29, 0.717) is 6.42 Å². The fourth-order valence-corrected chi connectivity index (χ4v) is 2.34. The van der Waals surface area contributed by atoms with Crippen molar-refractivity contribution in [3.8, 4) is 0 Å². The van der Waals surface area contributed by atoms with Gasteiger partial charge in [-0.25, -0.2) is 0 Å². The molecule has 2 fully saturated rings. The summed E-state index contributed by atoms with van der Waals surface area (Å²) in [6.45, 7) is 1.50. The highest BCUT2D eigenvalue weighted by molar-refractivity contribution is 5.80. The Balaban J connectivity index is 1.80. The zero-order valence-corrected chi connectivity index (χ0v) is 9.24. The van der Waals surface area contributed by atoms with Gasteiger partial charge in [0.05, 0.1) is 11.8 Å². The van der Waals surface area contributed by atoms with E-state index in [1.807, 2.05) is 0 Å². The fourth-order valence-electron chi connectivity index (χ4n) is 2.34. The zero-order valence-electron chi connectivity index (χ0n) is 9.24. The molecular weight excluding hydrogens is 208 g/mol. The first-order valence-corrected chi connectivity index (χ1v) is 5.90. The molecule has 1 amide bonds. The van der Waals surface area contributed by atoms with E-state index in [1.54, 1.807) is 0 Å². The predicted octanol–water partition coefficient (Wildman–Crippen LogP) is -0.0346. The Labute approximate surface area is 94.6 Å². The highest BCUT2D eigenvalue weighted by atomic mass is 16.4. The predicted molar refractivity (Wildman–Crippen MR) is 57.9 cm³/mol. The Bertz CT molecular complexity index is 289. The molecule has 0 spiro atoms. The average Bonchev–Trinajstić information content (AvgIpc) is 2.15. The molecule has 3 N–H and O–H groups in total. The smallest absolute Gasteiger partial charge is 0.306 e. The van der Waals surface area contributed by atoms with Crippen molar-refractivity contribution >= 4 is 11.9 Å². The maximum atomic E-state index is 11.7. The molecule has 16 heavy (non-hydrogen) atoms. The van der Waals surface area contributed by atoms with Crippen molar-refractivity contribution in [1.82, 2.24) is 10.6 Å². The fraction of sp³-hybridized carbons (Fsp3) is 0.818. The first-order chi connectivity index (χ1) is 7.66. The molecule has 0 aromatic rings. The lowest BCUT2D eigenvalue weighted by Crippen LogP contribution is -2.53. The monoisotopic (exact) mass is 226 g/mol. The van der Waals surface area contributed by atoms with Crippen LogP contribution in [0.3, 0.4) is 0 Å². The lowest BCUT2D eigenvalue weighted by atomic mass is 9.85. The summed E-state index contributed by atoms with van der Waals surface area (Å²) in [5.41, 5.74) is 0. The third-order valence-electron chi connectivity index (χ3n) is 3.52. The van der Waals surface area contributed by atoms with Gasteiger partial charge in [-0.3, -0.25) is 9.59 Å². The van der Waals surface area contributed by atoms with Crippen molar-refractivity contribution in [2.24, 2.45) is 11.8 Å². The second-order valence-electron chi connectivity index (χ2n) is 4.76. The van der Waals surface area contributed by atoms with Gasteiger partial charge in [-0.05, 0) is 19.3 Å². The van der Waals surface area contributed by atoms with Gasteiger partial charge in [-0.2, -0.15) is 0 Å². The van der Waals surface area contributed by atoms with Gasteiger partial charge in [0, 0.05) is 19.1 Å². The summed E-state index contributed by atoms with van der Waals surface area (Å²) in [5.74, 6) is -0.845. The molecule has 2 rings (SSSR count). The van der Waals surface area contributed by atoms with Gasteiger partial charge in [-0.15, -0.1) is 0 Å². The molecule has 0 radical (unpaired) electrons. The Kier molecular flexibility index (Phi) is 3.43. The summed E-state index contributed by atoms with van der Waals surface area (Å²) in [4.78, 5) is 22.5. The molecule has 90 valence electrons. The topological polar surface area (TPSA) is 78.4 Å². The molecule has 0 bridgehead atoms. The highest BCUT2D eigenvalue weighted by Crippen LogP contribution is 2.24. The first kappa shape index (κ1) is 11.4. The van der Waals surface area contributed by atoms with Crippen LogP contribution in [0.2, 0.25) is 0 Å². The van der Waals surface area contributed by atoms with Crippen LogP contribution in [0.1, 0.15) is 25.7 Å². The number of amides is 1. The molecular formula is C11H18N2O3. The average molecular weight is 226 g/mol. The number of rotatable bonds is 3. The second kappa shape index (κ2) is 4.82. The quantitative estimate of drug-likeness (QED) is 0.631. The van der Waals surface area contributed by atoms with Crippen LogP contribution in [0.15, 0.2) is 0 Å². The summed E-state index contributed by atoms with van der Waals surface area (Å²) in [7, 11) is 0. The maximum absolute atomic E-state index is 11.7. The van der Waals surface area contributed by atoms with Crippen LogP contribution in [0, 0.1) is 11.8 Å². The van der Waals surface area contributed by atoms with Crippen LogP contribution < -0.4 is 10.6 Å². The van der Waals surface area contributed by atoms with Gasteiger partial charge in [0.2, 0.25) is 5.91 Å². The SMILES string of the molecule is O=C(O)C1CCCC(NC(=O)C2CNC2)C1. The van der Waals surface area contributed by atoms with Crippen LogP contribution in [0.5, 0.6) is 0 Å². The van der Waals surface area contributed by atoms with E-state index >= 15 is 0 Å². The number of hydrogen-bond donors (Lipinski definition) is 3. The highest BCUT2D eigenvalue weighted by Gasteiger charge is 2.31. The van der Waals surface area contributed by atoms with Crippen molar-refractivity contribution in [2.45, 2.75) is 31.7 Å². The van der Waals surface area contributed by atoms with Gasteiger partial charge in [0.25, 0.3) is 0 Å². The van der Waals surface area contributed by atoms with Gasteiger partial charge in [0.1, 0.15) is 0 Å². The Morgan fingerprint density at radius 3 is 2.50 bits per heavy atom. The standard InChI is InChI=1S/C11H18N2O3/c14-10(8-5-12-6-8)13-9-3-1-2-7(4-9)11(15)16/h7-9,12H,1-6H2,(H,13,14)(H,15,16). The minimum absolute atomic E-state index is 0.0583. The van der Waals surface area contributed by atoms with Crippen molar-refractivity contribution < 1.29 is 14.7 Å². The maximum Gasteiger partial charge on any atom is 0.306 e. The third kappa shape index (κ3) is 2.52. The zero-order chi connectivity index (χ0) is 11.5. The van der Waals surface area contributed by atoms with Crippen molar-refractivity contribution in [2.75, 3.05) is 13.1 Å². The minimum atomic E-state index is -0.732. The molecule has 1 aliphatic carbocycles. The van der Waals surface area contributed by atoms with Gasteiger partial charge >= 0.3 is 5.97 Å². The first-order valence-electron chi connectivity index (χ1n) is 5.90. The van der Waals surface area contributed by atoms with E-state index in [2.05, 4.69) is 10.6 Å². The van der Waals surface area contributed by atoms with E-state index in [1.165, 1.54) is 0 Å². The molecule has 5 nitrogen and oxygen atoms in total. The molecule has 2 unspecified atom stereocenters. The Morgan fingerprint density at radius 2 is 1.94 bits per heavy atom. The van der Waals surface area contributed by atoms with E-state index in [9.17, 15) is 9.59 Å². The van der Waals surface area contributed by atoms with Gasteiger partial charge in [-0.1, -0.05) is 6.42 Å². The minimum Gasteiger partial charge on any atom is -0.481 e. The molecule has 0 aromatic carbocycles. The molecule has 2 atom stereocenters. The van der Waals surface area contributed by atoms with Crippen molar-refractivity contribution in [1.29, 1.82) is 0 Å². The summed E-state index contributed by atoms with van der Waals surface area (Å²) < 4.78 is 0. The number of carbonyl (C=O) groups excluding carboxylic acids is 1. The van der Waals surface area contributed by atoms with Crippen LogP contribution in [-0.2, 0) is 9.59 Å². The van der Waals surface area contributed by atoms with Crippen molar-refractivity contribution in [3.63, 3.8) is 0 Å². The van der Waals surface area contributed by atoms with E-state index in [4.69, 9.17) is 5.11 Å². The largest absolute Gasteiger partial charge is 0.481 e. The van der Waals surface area contributed by atoms with Gasteiger partial charge < -0.3 is 15.7 Å². The Hall–Kier alpha value is -1.10. The number of nitrogens with one attached hydrogen (secondary N) is 2. The van der Waals surface area contributed by atoms with Crippen LogP contribution >= 0.6 is 0 Å². The molecule has 2 aliphatic rings. The van der Waals surface area contributed by atoms with Crippen LogP contribution in [0.4, 0.5) is 0 Å². The second-order valence-corrected chi connectivity index (χ2v) is 4.76. The van der Waals surface area contributed by atoms with Crippen LogP contribution in [-0.4, -0.2) is 36.1 Å². The summed E-state index contributed by atoms with van der Waals surface area (Å²) in [5, 5.41) is 14.9. The summed E-state index contributed by atoms with van der Waals surface area (Å²) in [6.07, 6.45) is 3.13. The van der Waals surface area contributed by atoms with Crippen LogP contribution in [0.25, 0.3) is 0 Å². The lowest BCUT2D eigenvalue weighted by molar-refractivity contribution is -0.143. The number of carboxylic acids is 1. The third-order valence-corrected chi connectivity index (χ3v) is 3.52. The van der Waals surface area contributed by atoms with E-state index in [0.717, 1.165) is 32.4 Å². The molecule has 0 aromatic heterocycles. The molecule has 5 heteroatoms. The van der Waals surface area contributed by atoms with E-state index < -0.39 is 5.97 Å². The number of carboxylic acid groups (broad SMARTS) is 1. The lowest BCUT2D eigenvalue weighted by Gasteiger charge is -2.31. The normalized spacial score (nSPS) is 30.5. The number of carbonyl (C=O) groups is 2. The summed E-state index contributed by atoms with van der Waals surface area (Å²) >= 11 is 0. The number of aliphatic carboxylic acids is 1. The molecule has 1 aliphatic heterocycles.